The zero-order chi connectivity index (χ0) is 18.3. The van der Waals surface area contributed by atoms with Gasteiger partial charge in [0.05, 0.1) is 13.7 Å². The van der Waals surface area contributed by atoms with E-state index < -0.39 is 0 Å². The highest BCUT2D eigenvalue weighted by atomic mass is 32.1. The molecule has 0 saturated heterocycles. The van der Waals surface area contributed by atoms with Crippen molar-refractivity contribution in [3.8, 4) is 11.5 Å². The molecule has 144 valence electrons. The highest BCUT2D eigenvalue weighted by Gasteiger charge is 1.97. The number of hydrogen-bond acceptors (Lipinski definition) is 3. The Morgan fingerprint density at radius 1 is 0.692 bits per heavy atom. The van der Waals surface area contributed by atoms with Crippen LogP contribution in [0.2, 0.25) is 0 Å². The van der Waals surface area contributed by atoms with Gasteiger partial charge in [0.15, 0.2) is 0 Å². The van der Waals surface area contributed by atoms with Crippen molar-refractivity contribution in [2.24, 2.45) is 0 Å². The third-order valence-electron chi connectivity index (χ3n) is 4.77. The molecule has 1 aromatic heterocycles. The summed E-state index contributed by atoms with van der Waals surface area (Å²) < 4.78 is 10.9. The molecule has 0 N–H and O–H groups in total. The van der Waals surface area contributed by atoms with E-state index in [9.17, 15) is 0 Å². The molecule has 0 bridgehead atoms. The lowest BCUT2D eigenvalue weighted by atomic mass is 10.0. The smallest absolute Gasteiger partial charge is 0.119 e. The molecule has 3 heteroatoms. The molecule has 0 aliphatic carbocycles. The van der Waals surface area contributed by atoms with Gasteiger partial charge in [0.1, 0.15) is 11.5 Å². The van der Waals surface area contributed by atoms with Gasteiger partial charge in [-0.1, -0.05) is 51.4 Å². The normalized spacial score (nSPS) is 10.8. The first kappa shape index (κ1) is 20.8. The van der Waals surface area contributed by atoms with Crippen molar-refractivity contribution < 1.29 is 9.47 Å². The maximum absolute atomic E-state index is 5.76. The van der Waals surface area contributed by atoms with Crippen molar-refractivity contribution in [3.63, 3.8) is 0 Å². The van der Waals surface area contributed by atoms with Crippen LogP contribution in [-0.2, 0) is 6.42 Å². The molecule has 2 nitrogen and oxygen atoms in total. The minimum atomic E-state index is 0.816. The average molecular weight is 375 g/mol. The van der Waals surface area contributed by atoms with Gasteiger partial charge in [-0.05, 0) is 65.9 Å². The van der Waals surface area contributed by atoms with E-state index in [-0.39, 0.29) is 0 Å². The van der Waals surface area contributed by atoms with Crippen LogP contribution in [0.1, 0.15) is 69.8 Å². The van der Waals surface area contributed by atoms with Gasteiger partial charge in [0.2, 0.25) is 0 Å². The quantitative estimate of drug-likeness (QED) is 0.305. The molecule has 0 amide bonds. The topological polar surface area (TPSA) is 18.5 Å². The largest absolute Gasteiger partial charge is 0.497 e. The molecule has 0 saturated carbocycles. The number of ether oxygens (including phenoxy) is 2. The lowest BCUT2D eigenvalue weighted by Crippen LogP contribution is -1.97. The molecule has 1 heterocycles. The summed E-state index contributed by atoms with van der Waals surface area (Å²) in [6, 6.07) is 10.1. The van der Waals surface area contributed by atoms with Gasteiger partial charge in [-0.25, -0.2) is 0 Å². The van der Waals surface area contributed by atoms with E-state index in [1.165, 1.54) is 69.8 Å². The van der Waals surface area contributed by atoms with Crippen LogP contribution in [0.5, 0.6) is 11.5 Å². The van der Waals surface area contributed by atoms with E-state index in [0.29, 0.717) is 0 Å². The van der Waals surface area contributed by atoms with Crippen molar-refractivity contribution >= 4 is 11.3 Å². The Morgan fingerprint density at radius 3 is 1.85 bits per heavy atom. The Morgan fingerprint density at radius 2 is 1.27 bits per heavy atom. The van der Waals surface area contributed by atoms with Gasteiger partial charge in [0.25, 0.3) is 0 Å². The van der Waals surface area contributed by atoms with E-state index in [0.717, 1.165) is 24.5 Å². The summed E-state index contributed by atoms with van der Waals surface area (Å²) in [5, 5.41) is 4.46. The first-order chi connectivity index (χ1) is 12.9. The van der Waals surface area contributed by atoms with E-state index in [1.54, 1.807) is 7.11 Å². The summed E-state index contributed by atoms with van der Waals surface area (Å²) in [6.07, 6.45) is 14.7. The number of aryl methyl sites for hydroxylation is 1. The first-order valence-corrected chi connectivity index (χ1v) is 11.1. The number of unbranched alkanes of at least 4 members (excludes halogenated alkanes) is 9. The SMILES string of the molecule is COc1ccc(OCCCCCCCCCCCCc2ccsc2)cc1. The third kappa shape index (κ3) is 9.28. The van der Waals surface area contributed by atoms with Gasteiger partial charge in [0, 0.05) is 0 Å². The summed E-state index contributed by atoms with van der Waals surface area (Å²) in [5.74, 6) is 1.81. The summed E-state index contributed by atoms with van der Waals surface area (Å²) in [7, 11) is 1.68. The van der Waals surface area contributed by atoms with Gasteiger partial charge in [-0.15, -0.1) is 0 Å². The van der Waals surface area contributed by atoms with Crippen molar-refractivity contribution in [1.29, 1.82) is 0 Å². The summed E-state index contributed by atoms with van der Waals surface area (Å²) in [5.41, 5.74) is 1.52. The molecule has 0 fully saturated rings. The zero-order valence-corrected chi connectivity index (χ0v) is 17.1. The Bertz CT molecular complexity index is 548. The molecule has 26 heavy (non-hydrogen) atoms. The van der Waals surface area contributed by atoms with Crippen LogP contribution in [0.3, 0.4) is 0 Å². The van der Waals surface area contributed by atoms with Crippen LogP contribution < -0.4 is 9.47 Å². The van der Waals surface area contributed by atoms with Crippen LogP contribution in [0, 0.1) is 0 Å². The third-order valence-corrected chi connectivity index (χ3v) is 5.50. The van der Waals surface area contributed by atoms with E-state index in [4.69, 9.17) is 9.47 Å². The Hall–Kier alpha value is -1.48. The lowest BCUT2D eigenvalue weighted by Gasteiger charge is -2.07. The van der Waals surface area contributed by atoms with Crippen molar-refractivity contribution in [1.82, 2.24) is 0 Å². The Kier molecular flexibility index (Phi) is 11.0. The molecule has 1 aromatic carbocycles. The van der Waals surface area contributed by atoms with Crippen molar-refractivity contribution in [3.05, 3.63) is 46.7 Å². The summed E-state index contributed by atoms with van der Waals surface area (Å²) in [4.78, 5) is 0. The van der Waals surface area contributed by atoms with E-state index in [1.807, 2.05) is 35.6 Å². The van der Waals surface area contributed by atoms with Gasteiger partial charge < -0.3 is 9.47 Å². The molecule has 0 aliphatic rings. The second-order valence-corrected chi connectivity index (χ2v) is 7.72. The number of methoxy groups -OCH3 is 1. The van der Waals surface area contributed by atoms with Crippen LogP contribution >= 0.6 is 11.3 Å². The second-order valence-electron chi connectivity index (χ2n) is 6.94. The van der Waals surface area contributed by atoms with Gasteiger partial charge in [-0.2, -0.15) is 11.3 Å². The maximum Gasteiger partial charge on any atom is 0.119 e. The highest BCUT2D eigenvalue weighted by molar-refractivity contribution is 7.07. The fraction of sp³-hybridized carbons (Fsp3) is 0.565. The summed E-state index contributed by atoms with van der Waals surface area (Å²) in [6.45, 7) is 0.816. The fourth-order valence-electron chi connectivity index (χ4n) is 3.14. The van der Waals surface area contributed by atoms with Gasteiger partial charge >= 0.3 is 0 Å². The molecule has 0 unspecified atom stereocenters. The number of hydrogen-bond donors (Lipinski definition) is 0. The van der Waals surface area contributed by atoms with E-state index in [2.05, 4.69) is 16.8 Å². The standard InChI is InChI=1S/C23H34O2S/c1-24-22-13-15-23(16-14-22)25-18-11-9-7-5-3-2-4-6-8-10-12-21-17-19-26-20-21/h13-17,19-20H,2-12,18H2,1H3. The molecule has 0 spiro atoms. The minimum absolute atomic E-state index is 0.816. The van der Waals surface area contributed by atoms with Crippen LogP contribution in [-0.4, -0.2) is 13.7 Å². The monoisotopic (exact) mass is 374 g/mol. The van der Waals surface area contributed by atoms with Crippen LogP contribution in [0.4, 0.5) is 0 Å². The molecule has 2 rings (SSSR count). The van der Waals surface area contributed by atoms with E-state index >= 15 is 0 Å². The van der Waals surface area contributed by atoms with Crippen LogP contribution in [0.15, 0.2) is 41.1 Å². The number of rotatable bonds is 15. The molecule has 0 aliphatic heterocycles. The molecule has 2 aromatic rings. The molecular formula is C23H34O2S. The first-order valence-electron chi connectivity index (χ1n) is 10.2. The minimum Gasteiger partial charge on any atom is -0.497 e. The van der Waals surface area contributed by atoms with Crippen molar-refractivity contribution in [2.45, 2.75) is 70.6 Å². The lowest BCUT2D eigenvalue weighted by molar-refractivity contribution is 0.303. The van der Waals surface area contributed by atoms with Gasteiger partial charge in [-0.3, -0.25) is 0 Å². The summed E-state index contributed by atoms with van der Waals surface area (Å²) >= 11 is 1.81. The Balaban J connectivity index is 1.31. The van der Waals surface area contributed by atoms with Crippen LogP contribution in [0.25, 0.3) is 0 Å². The molecular weight excluding hydrogens is 340 g/mol. The number of thiophene rings is 1. The predicted molar refractivity (Wildman–Crippen MR) is 113 cm³/mol. The zero-order valence-electron chi connectivity index (χ0n) is 16.3. The molecule has 0 radical (unpaired) electrons. The average Bonchev–Trinajstić information content (AvgIpc) is 3.19. The Labute approximate surface area is 163 Å². The highest BCUT2D eigenvalue weighted by Crippen LogP contribution is 2.18. The predicted octanol–water partition coefficient (Wildman–Crippen LogP) is 7.28. The molecule has 0 atom stereocenters. The second kappa shape index (κ2) is 13.7. The number of benzene rings is 1. The van der Waals surface area contributed by atoms with Crippen molar-refractivity contribution in [2.75, 3.05) is 13.7 Å². The maximum atomic E-state index is 5.76. The fourth-order valence-corrected chi connectivity index (χ4v) is 3.85.